The van der Waals surface area contributed by atoms with Crippen LogP contribution >= 0.6 is 11.3 Å². The Labute approximate surface area is 158 Å². The van der Waals surface area contributed by atoms with Crippen LogP contribution in [-0.4, -0.2) is 57.9 Å². The molecule has 1 amide bonds. The number of anilines is 2. The number of rotatable bonds is 4. The molecular formula is C19H25N5OS. The van der Waals surface area contributed by atoms with E-state index in [9.17, 15) is 4.79 Å². The molecule has 0 spiro atoms. The summed E-state index contributed by atoms with van der Waals surface area (Å²) in [6, 6.07) is 6.40. The number of carbonyl (C=O) groups excluding carboxylic acids is 1. The number of pyridine rings is 1. The molecule has 0 radical (unpaired) electrons. The Morgan fingerprint density at radius 2 is 1.92 bits per heavy atom. The molecule has 0 aromatic carbocycles. The molecule has 6 nitrogen and oxygen atoms in total. The number of thiazole rings is 1. The van der Waals surface area contributed by atoms with Gasteiger partial charge in [0.25, 0.3) is 5.91 Å². The quantitative estimate of drug-likeness (QED) is 0.893. The van der Waals surface area contributed by atoms with E-state index in [-0.39, 0.29) is 5.91 Å². The number of aromatic nitrogens is 2. The monoisotopic (exact) mass is 371 g/mol. The summed E-state index contributed by atoms with van der Waals surface area (Å²) in [6.45, 7) is 3.57. The average molecular weight is 372 g/mol. The molecule has 0 unspecified atom stereocenters. The lowest BCUT2D eigenvalue weighted by molar-refractivity contribution is 0.0519. The van der Waals surface area contributed by atoms with Crippen molar-refractivity contribution in [2.45, 2.75) is 38.1 Å². The van der Waals surface area contributed by atoms with Gasteiger partial charge in [-0.1, -0.05) is 25.3 Å². The molecule has 0 bridgehead atoms. The van der Waals surface area contributed by atoms with E-state index >= 15 is 0 Å². The van der Waals surface area contributed by atoms with E-state index in [1.165, 1.54) is 43.4 Å². The molecule has 26 heavy (non-hydrogen) atoms. The van der Waals surface area contributed by atoms with E-state index in [0.29, 0.717) is 10.8 Å². The Bertz CT molecular complexity index is 721. The fourth-order valence-corrected chi connectivity index (χ4v) is 4.57. The Kier molecular flexibility index (Phi) is 5.45. The van der Waals surface area contributed by atoms with Crippen LogP contribution in [0, 0.1) is 0 Å². The van der Waals surface area contributed by atoms with Crippen LogP contribution in [0.5, 0.6) is 0 Å². The standard InChI is InChI=1S/C19H25N5OS/c25-18(16-14-26-19(21-16)22-17-8-4-5-9-20-17)24-12-10-23(11-13-24)15-6-2-1-3-7-15/h4-5,8-9,14-15H,1-3,6-7,10-13H2,(H,20,21,22). The van der Waals surface area contributed by atoms with E-state index in [4.69, 9.17) is 0 Å². The highest BCUT2D eigenvalue weighted by molar-refractivity contribution is 7.14. The largest absolute Gasteiger partial charge is 0.335 e. The first-order valence-electron chi connectivity index (χ1n) is 9.46. The first-order valence-corrected chi connectivity index (χ1v) is 10.3. The third-order valence-electron chi connectivity index (χ3n) is 5.32. The number of amides is 1. The maximum Gasteiger partial charge on any atom is 0.273 e. The third kappa shape index (κ3) is 4.04. The summed E-state index contributed by atoms with van der Waals surface area (Å²) in [4.78, 5) is 26.0. The first-order chi connectivity index (χ1) is 12.8. The second-order valence-electron chi connectivity index (χ2n) is 7.00. The van der Waals surface area contributed by atoms with Gasteiger partial charge in [0.05, 0.1) is 0 Å². The number of nitrogens with zero attached hydrogens (tertiary/aromatic N) is 4. The number of nitrogens with one attached hydrogen (secondary N) is 1. The molecule has 2 aliphatic rings. The van der Waals surface area contributed by atoms with Crippen molar-refractivity contribution in [3.63, 3.8) is 0 Å². The van der Waals surface area contributed by atoms with Gasteiger partial charge in [0, 0.05) is 43.8 Å². The van der Waals surface area contributed by atoms with Crippen LogP contribution in [0.2, 0.25) is 0 Å². The van der Waals surface area contributed by atoms with Gasteiger partial charge < -0.3 is 10.2 Å². The number of hydrogen-bond acceptors (Lipinski definition) is 6. The predicted molar refractivity (Wildman–Crippen MR) is 104 cm³/mol. The molecule has 2 aromatic rings. The minimum Gasteiger partial charge on any atom is -0.335 e. The van der Waals surface area contributed by atoms with Crippen molar-refractivity contribution in [2.24, 2.45) is 0 Å². The van der Waals surface area contributed by atoms with Crippen molar-refractivity contribution < 1.29 is 4.79 Å². The Morgan fingerprint density at radius 1 is 1.12 bits per heavy atom. The fraction of sp³-hybridized carbons (Fsp3) is 0.526. The highest BCUT2D eigenvalue weighted by Crippen LogP contribution is 2.24. The molecule has 1 aliphatic carbocycles. The molecule has 2 fully saturated rings. The lowest BCUT2D eigenvalue weighted by Gasteiger charge is -2.40. The van der Waals surface area contributed by atoms with Gasteiger partial charge in [-0.05, 0) is 25.0 Å². The molecule has 1 saturated carbocycles. The topological polar surface area (TPSA) is 61.4 Å². The van der Waals surface area contributed by atoms with Gasteiger partial charge in [-0.3, -0.25) is 9.69 Å². The van der Waals surface area contributed by atoms with Crippen molar-refractivity contribution in [1.82, 2.24) is 19.8 Å². The zero-order valence-electron chi connectivity index (χ0n) is 14.9. The van der Waals surface area contributed by atoms with Crippen LogP contribution in [0.25, 0.3) is 0 Å². The maximum atomic E-state index is 12.8. The summed E-state index contributed by atoms with van der Waals surface area (Å²) in [6.07, 6.45) is 8.47. The van der Waals surface area contributed by atoms with Crippen molar-refractivity contribution >= 4 is 28.2 Å². The first kappa shape index (κ1) is 17.4. The second kappa shape index (κ2) is 8.14. The van der Waals surface area contributed by atoms with Crippen LogP contribution in [0.3, 0.4) is 0 Å². The van der Waals surface area contributed by atoms with Gasteiger partial charge in [0.15, 0.2) is 5.13 Å². The van der Waals surface area contributed by atoms with Gasteiger partial charge in [0.2, 0.25) is 0 Å². The second-order valence-corrected chi connectivity index (χ2v) is 7.86. The zero-order valence-corrected chi connectivity index (χ0v) is 15.7. The van der Waals surface area contributed by atoms with Gasteiger partial charge in [-0.15, -0.1) is 11.3 Å². The number of carbonyl (C=O) groups is 1. The summed E-state index contributed by atoms with van der Waals surface area (Å²) in [5.74, 6) is 0.778. The van der Waals surface area contributed by atoms with E-state index in [0.717, 1.165) is 38.0 Å². The summed E-state index contributed by atoms with van der Waals surface area (Å²) >= 11 is 1.44. The highest BCUT2D eigenvalue weighted by Gasteiger charge is 2.28. The Balaban J connectivity index is 1.32. The lowest BCUT2D eigenvalue weighted by atomic mass is 9.94. The fourth-order valence-electron chi connectivity index (χ4n) is 3.87. The van der Waals surface area contributed by atoms with Crippen LogP contribution in [0.1, 0.15) is 42.6 Å². The molecule has 1 aliphatic heterocycles. The molecule has 1 N–H and O–H groups in total. The summed E-state index contributed by atoms with van der Waals surface area (Å²) < 4.78 is 0. The van der Waals surface area contributed by atoms with Gasteiger partial charge in [-0.25, -0.2) is 9.97 Å². The summed E-state index contributed by atoms with van der Waals surface area (Å²) in [5, 5.41) is 5.69. The van der Waals surface area contributed by atoms with Crippen LogP contribution in [0.15, 0.2) is 29.8 Å². The molecule has 7 heteroatoms. The third-order valence-corrected chi connectivity index (χ3v) is 6.07. The van der Waals surface area contributed by atoms with E-state index < -0.39 is 0 Å². The van der Waals surface area contributed by atoms with Gasteiger partial charge in [-0.2, -0.15) is 0 Å². The van der Waals surface area contributed by atoms with Crippen molar-refractivity contribution in [3.05, 3.63) is 35.5 Å². The minimum absolute atomic E-state index is 0.0404. The number of hydrogen-bond donors (Lipinski definition) is 1. The Hall–Kier alpha value is -1.99. The maximum absolute atomic E-state index is 12.8. The van der Waals surface area contributed by atoms with Gasteiger partial charge >= 0.3 is 0 Å². The van der Waals surface area contributed by atoms with Crippen LogP contribution in [0.4, 0.5) is 10.9 Å². The van der Waals surface area contributed by atoms with Gasteiger partial charge in [0.1, 0.15) is 11.5 Å². The molecule has 0 atom stereocenters. The lowest BCUT2D eigenvalue weighted by Crippen LogP contribution is -2.52. The Morgan fingerprint density at radius 3 is 2.65 bits per heavy atom. The molecule has 3 heterocycles. The van der Waals surface area contributed by atoms with Crippen LogP contribution < -0.4 is 5.32 Å². The molecule has 138 valence electrons. The van der Waals surface area contributed by atoms with Crippen molar-refractivity contribution in [2.75, 3.05) is 31.5 Å². The minimum atomic E-state index is 0.0404. The smallest absolute Gasteiger partial charge is 0.273 e. The summed E-state index contributed by atoms with van der Waals surface area (Å²) in [7, 11) is 0. The molecule has 2 aromatic heterocycles. The normalized spacial score (nSPS) is 19.5. The van der Waals surface area contributed by atoms with Crippen molar-refractivity contribution in [1.29, 1.82) is 0 Å². The molecule has 4 rings (SSSR count). The van der Waals surface area contributed by atoms with Crippen LogP contribution in [-0.2, 0) is 0 Å². The van der Waals surface area contributed by atoms with E-state index in [1.54, 1.807) is 6.20 Å². The predicted octanol–water partition coefficient (Wildman–Crippen LogP) is 3.37. The molecule has 1 saturated heterocycles. The molecular weight excluding hydrogens is 346 g/mol. The SMILES string of the molecule is O=C(c1csc(Nc2ccccn2)n1)N1CCN(C2CCCCC2)CC1. The zero-order chi connectivity index (χ0) is 17.8. The summed E-state index contributed by atoms with van der Waals surface area (Å²) in [5.41, 5.74) is 0.527. The van der Waals surface area contributed by atoms with E-state index in [1.807, 2.05) is 28.5 Å². The van der Waals surface area contributed by atoms with E-state index in [2.05, 4.69) is 20.2 Å². The van der Waals surface area contributed by atoms with Crippen molar-refractivity contribution in [3.8, 4) is 0 Å². The highest BCUT2D eigenvalue weighted by atomic mass is 32.1. The number of piperazine rings is 1. The average Bonchev–Trinajstić information content (AvgIpc) is 3.17.